The number of hydrogen-bond donors (Lipinski definition) is 1. The highest BCUT2D eigenvalue weighted by Gasteiger charge is 2.21. The summed E-state index contributed by atoms with van der Waals surface area (Å²) in [6.07, 6.45) is 0.939. The molecule has 23 heavy (non-hydrogen) atoms. The number of hydrogen-bond acceptors (Lipinski definition) is 5. The predicted octanol–water partition coefficient (Wildman–Crippen LogP) is 3.47. The van der Waals surface area contributed by atoms with Crippen molar-refractivity contribution in [1.82, 2.24) is 5.32 Å². The lowest BCUT2D eigenvalue weighted by atomic mass is 9.89. The quantitative estimate of drug-likeness (QED) is 0.605. The second-order valence-electron chi connectivity index (χ2n) is 5.59. The molecule has 1 aromatic carbocycles. The maximum Gasteiger partial charge on any atom is 0.286 e. The molecule has 0 heterocycles. The first-order chi connectivity index (χ1) is 10.8. The van der Waals surface area contributed by atoms with Crippen molar-refractivity contribution < 1.29 is 14.3 Å². The Labute approximate surface area is 141 Å². The van der Waals surface area contributed by atoms with Gasteiger partial charge in [0.1, 0.15) is 5.75 Å². The van der Waals surface area contributed by atoms with Crippen LogP contribution in [0.4, 0.5) is 0 Å². The van der Waals surface area contributed by atoms with Crippen LogP contribution in [0, 0.1) is 10.3 Å². The number of amides is 1. The molecular formula is C16H23ClN2O4. The molecule has 1 rings (SSSR count). The Bertz CT molecular complexity index is 533. The van der Waals surface area contributed by atoms with Gasteiger partial charge in [0.25, 0.3) is 5.91 Å². The number of ether oxygens (including phenoxy) is 1. The first-order valence-electron chi connectivity index (χ1n) is 7.18. The van der Waals surface area contributed by atoms with Crippen molar-refractivity contribution in [2.45, 2.75) is 27.2 Å². The topological polar surface area (TPSA) is 84.8 Å². The van der Waals surface area contributed by atoms with Crippen LogP contribution in [-0.2, 0) is 4.79 Å². The fraction of sp³-hybridized carbons (Fsp3) is 0.500. The zero-order chi connectivity index (χ0) is 17.9. The van der Waals surface area contributed by atoms with Crippen LogP contribution in [0.15, 0.2) is 23.4 Å². The second kappa shape index (κ2) is 10.9. The van der Waals surface area contributed by atoms with Gasteiger partial charge < -0.3 is 10.1 Å². The lowest BCUT2D eigenvalue weighted by Crippen LogP contribution is -2.28. The fourth-order valence-corrected chi connectivity index (χ4v) is 2.06. The Kier molecular flexibility index (Phi) is 10.0. The Morgan fingerprint density at radius 1 is 1.43 bits per heavy atom. The van der Waals surface area contributed by atoms with E-state index in [0.29, 0.717) is 29.5 Å². The molecule has 0 saturated heterocycles. The molecule has 0 spiro atoms. The summed E-state index contributed by atoms with van der Waals surface area (Å²) in [6, 6.07) is 4.97. The maximum atomic E-state index is 10.6. The minimum absolute atomic E-state index is 0.181. The van der Waals surface area contributed by atoms with Crippen molar-refractivity contribution >= 4 is 23.8 Å². The van der Waals surface area contributed by atoms with E-state index in [-0.39, 0.29) is 11.8 Å². The summed E-state index contributed by atoms with van der Waals surface area (Å²) >= 11 is 5.68. The van der Waals surface area contributed by atoms with Crippen molar-refractivity contribution in [1.29, 1.82) is 0 Å². The molecule has 0 saturated carbocycles. The number of rotatable bonds is 7. The third-order valence-electron chi connectivity index (χ3n) is 2.79. The van der Waals surface area contributed by atoms with Gasteiger partial charge in [0, 0.05) is 23.2 Å². The number of aldehydes is 1. The van der Waals surface area contributed by atoms with Crippen LogP contribution in [0.25, 0.3) is 0 Å². The van der Waals surface area contributed by atoms with Gasteiger partial charge in [-0.25, -0.2) is 0 Å². The molecule has 7 heteroatoms. The van der Waals surface area contributed by atoms with E-state index >= 15 is 0 Å². The van der Waals surface area contributed by atoms with Crippen LogP contribution in [0.2, 0.25) is 5.02 Å². The fourth-order valence-electron chi connectivity index (χ4n) is 1.88. The molecule has 0 unspecified atom stereocenters. The van der Waals surface area contributed by atoms with Gasteiger partial charge in [0.15, 0.2) is 6.29 Å². The lowest BCUT2D eigenvalue weighted by molar-refractivity contribution is -0.119. The first-order valence-corrected chi connectivity index (χ1v) is 7.55. The monoisotopic (exact) mass is 342 g/mol. The normalized spacial score (nSPS) is 10.3. The summed E-state index contributed by atoms with van der Waals surface area (Å²) in [5, 5.41) is 5.82. The molecule has 128 valence electrons. The molecule has 1 amide bonds. The van der Waals surface area contributed by atoms with Gasteiger partial charge in [-0.3, -0.25) is 9.59 Å². The average Bonchev–Trinajstić information content (AvgIpc) is 2.49. The van der Waals surface area contributed by atoms with E-state index in [1.54, 1.807) is 25.2 Å². The SMILES string of the molecule is CCOc1ccc(Cl)cc1C=O.CNCC(C)(C)CC(=O)N=O. The number of nitrogens with one attached hydrogen (secondary N) is 1. The van der Waals surface area contributed by atoms with E-state index in [1.165, 1.54) is 0 Å². The van der Waals surface area contributed by atoms with Gasteiger partial charge in [-0.2, -0.15) is 0 Å². The molecule has 0 aromatic heterocycles. The zero-order valence-electron chi connectivity index (χ0n) is 13.9. The maximum absolute atomic E-state index is 10.6. The van der Waals surface area contributed by atoms with Crippen molar-refractivity contribution in [3.8, 4) is 5.75 Å². The molecular weight excluding hydrogens is 320 g/mol. The highest BCUT2D eigenvalue weighted by molar-refractivity contribution is 6.30. The molecule has 6 nitrogen and oxygen atoms in total. The third-order valence-corrected chi connectivity index (χ3v) is 3.02. The third kappa shape index (κ3) is 9.05. The van der Waals surface area contributed by atoms with Crippen LogP contribution in [0.5, 0.6) is 5.75 Å². The van der Waals surface area contributed by atoms with Crippen molar-refractivity contribution in [3.63, 3.8) is 0 Å². The predicted molar refractivity (Wildman–Crippen MR) is 91.1 cm³/mol. The largest absolute Gasteiger partial charge is 0.493 e. The van der Waals surface area contributed by atoms with Crippen LogP contribution in [0.3, 0.4) is 0 Å². The first kappa shape index (κ1) is 21.2. The number of halogens is 1. The highest BCUT2D eigenvalue weighted by atomic mass is 35.5. The molecule has 0 bridgehead atoms. The smallest absolute Gasteiger partial charge is 0.286 e. The van der Waals surface area contributed by atoms with Gasteiger partial charge in [0.05, 0.1) is 12.2 Å². The van der Waals surface area contributed by atoms with Gasteiger partial charge >= 0.3 is 0 Å². The van der Waals surface area contributed by atoms with E-state index in [4.69, 9.17) is 16.3 Å². The summed E-state index contributed by atoms with van der Waals surface area (Å²) < 4.78 is 5.19. The van der Waals surface area contributed by atoms with Crippen molar-refractivity contribution in [2.24, 2.45) is 10.6 Å². The van der Waals surface area contributed by atoms with Crippen LogP contribution in [0.1, 0.15) is 37.6 Å². The Balaban J connectivity index is 0.000000423. The van der Waals surface area contributed by atoms with Crippen molar-refractivity contribution in [3.05, 3.63) is 33.7 Å². The number of nitroso groups, excluding NO2 is 1. The lowest BCUT2D eigenvalue weighted by Gasteiger charge is -2.21. The van der Waals surface area contributed by atoms with Crippen LogP contribution in [-0.4, -0.2) is 32.4 Å². The standard InChI is InChI=1S/C9H9ClO2.C7H14N2O2/c1-2-12-9-4-3-8(10)5-7(9)6-11;1-7(2,5-8-3)4-6(10)9-11/h3-6H,2H2,1H3;8H,4-5H2,1-3H3. The van der Waals surface area contributed by atoms with E-state index in [9.17, 15) is 14.5 Å². The van der Waals surface area contributed by atoms with E-state index < -0.39 is 5.91 Å². The van der Waals surface area contributed by atoms with E-state index in [0.717, 1.165) is 6.29 Å². The van der Waals surface area contributed by atoms with E-state index in [1.807, 2.05) is 20.8 Å². The summed E-state index contributed by atoms with van der Waals surface area (Å²) in [4.78, 5) is 30.9. The molecule has 1 aromatic rings. The molecule has 0 aliphatic carbocycles. The minimum atomic E-state index is -0.578. The summed E-state index contributed by atoms with van der Waals surface area (Å²) in [7, 11) is 1.81. The average molecular weight is 343 g/mol. The van der Waals surface area contributed by atoms with Gasteiger partial charge in [-0.15, -0.1) is 4.91 Å². The Hall–Kier alpha value is -1.79. The van der Waals surface area contributed by atoms with Crippen LogP contribution < -0.4 is 10.1 Å². The molecule has 0 radical (unpaired) electrons. The number of carbonyl (C=O) groups excluding carboxylic acids is 2. The van der Waals surface area contributed by atoms with Gasteiger partial charge in [-0.05, 0) is 37.6 Å². The number of carbonyl (C=O) groups is 2. The van der Waals surface area contributed by atoms with Crippen LogP contribution >= 0.6 is 11.6 Å². The summed E-state index contributed by atoms with van der Waals surface area (Å²) in [6.45, 7) is 6.93. The molecule has 0 aliphatic heterocycles. The molecule has 0 atom stereocenters. The Morgan fingerprint density at radius 3 is 2.57 bits per heavy atom. The minimum Gasteiger partial charge on any atom is -0.493 e. The zero-order valence-corrected chi connectivity index (χ0v) is 14.6. The summed E-state index contributed by atoms with van der Waals surface area (Å²) in [5.74, 6) is 0.00199. The van der Waals surface area contributed by atoms with Crippen molar-refractivity contribution in [2.75, 3.05) is 20.2 Å². The Morgan fingerprint density at radius 2 is 2.09 bits per heavy atom. The van der Waals surface area contributed by atoms with Gasteiger partial charge in [-0.1, -0.05) is 25.4 Å². The van der Waals surface area contributed by atoms with Gasteiger partial charge in [0.2, 0.25) is 0 Å². The molecule has 0 aliphatic rings. The number of nitrogens with zero attached hydrogens (tertiary/aromatic N) is 1. The second-order valence-corrected chi connectivity index (χ2v) is 6.03. The van der Waals surface area contributed by atoms with E-state index in [2.05, 4.69) is 10.5 Å². The molecule has 1 N–H and O–H groups in total. The molecule has 0 fully saturated rings. The summed E-state index contributed by atoms with van der Waals surface area (Å²) in [5.41, 5.74) is 0.309. The number of benzene rings is 1. The highest BCUT2D eigenvalue weighted by Crippen LogP contribution is 2.21.